The van der Waals surface area contributed by atoms with Gasteiger partial charge in [-0.2, -0.15) is 0 Å². The summed E-state index contributed by atoms with van der Waals surface area (Å²) in [6.07, 6.45) is 4.49. The van der Waals surface area contributed by atoms with E-state index in [0.717, 1.165) is 42.2 Å². The second-order valence-corrected chi connectivity index (χ2v) is 5.95. The highest BCUT2D eigenvalue weighted by molar-refractivity contribution is 5.72. The van der Waals surface area contributed by atoms with Crippen LogP contribution in [0.2, 0.25) is 0 Å². The maximum absolute atomic E-state index is 9.42. The molecule has 4 nitrogen and oxygen atoms in total. The van der Waals surface area contributed by atoms with Crippen LogP contribution in [-0.2, 0) is 6.42 Å². The smallest absolute Gasteiger partial charge is 0.133 e. The van der Waals surface area contributed by atoms with Crippen LogP contribution in [0.25, 0.3) is 0 Å². The molecule has 2 heterocycles. The van der Waals surface area contributed by atoms with Crippen LogP contribution in [0.1, 0.15) is 31.7 Å². The number of piperidine rings is 1. The van der Waals surface area contributed by atoms with Crippen LogP contribution in [-0.4, -0.2) is 30.4 Å². The lowest BCUT2D eigenvalue weighted by Gasteiger charge is -2.30. The van der Waals surface area contributed by atoms with Gasteiger partial charge in [-0.3, -0.25) is 0 Å². The Hall–Kier alpha value is -1.42. The van der Waals surface area contributed by atoms with E-state index < -0.39 is 5.60 Å². The van der Waals surface area contributed by atoms with Crippen molar-refractivity contribution in [3.8, 4) is 5.75 Å². The maximum Gasteiger partial charge on any atom is 0.133 e. The Balaban J connectivity index is 1.91. The molecule has 1 aromatic rings. The van der Waals surface area contributed by atoms with Gasteiger partial charge in [0.15, 0.2) is 0 Å². The lowest BCUT2D eigenvalue weighted by Crippen LogP contribution is -2.34. The molecule has 3 rings (SSSR count). The fraction of sp³-hybridized carbons (Fsp3) is 0.600. The second kappa shape index (κ2) is 4.60. The Morgan fingerprint density at radius 1 is 1.32 bits per heavy atom. The number of nitrogens with two attached hydrogens (primary N) is 1. The number of ether oxygens (including phenoxy) is 1. The van der Waals surface area contributed by atoms with E-state index in [1.807, 2.05) is 13.0 Å². The van der Waals surface area contributed by atoms with Crippen LogP contribution >= 0.6 is 0 Å². The molecule has 0 spiro atoms. The zero-order chi connectivity index (χ0) is 13.5. The van der Waals surface area contributed by atoms with Gasteiger partial charge in [0.25, 0.3) is 0 Å². The zero-order valence-corrected chi connectivity index (χ0v) is 11.5. The molecule has 1 atom stereocenters. The molecule has 2 aliphatic heterocycles. The van der Waals surface area contributed by atoms with Gasteiger partial charge in [-0.1, -0.05) is 0 Å². The first-order valence-corrected chi connectivity index (χ1v) is 7.08. The summed E-state index contributed by atoms with van der Waals surface area (Å²) in [6.45, 7) is 4.10. The average Bonchev–Trinajstić information content (AvgIpc) is 2.75. The van der Waals surface area contributed by atoms with Crippen LogP contribution in [0.15, 0.2) is 12.1 Å². The molecular formula is C15H22N2O2. The molecule has 1 aromatic carbocycles. The van der Waals surface area contributed by atoms with Crippen LogP contribution in [0.4, 0.5) is 11.4 Å². The number of hydrogen-bond acceptors (Lipinski definition) is 4. The molecule has 1 saturated heterocycles. The van der Waals surface area contributed by atoms with E-state index in [1.54, 1.807) is 0 Å². The molecule has 3 N–H and O–H groups in total. The predicted octanol–water partition coefficient (Wildman–Crippen LogP) is 1.95. The number of benzene rings is 1. The lowest BCUT2D eigenvalue weighted by molar-refractivity contribution is 0.0447. The normalized spacial score (nSPS) is 26.1. The van der Waals surface area contributed by atoms with Crippen molar-refractivity contribution in [2.24, 2.45) is 0 Å². The van der Waals surface area contributed by atoms with E-state index in [0.29, 0.717) is 0 Å². The summed E-state index contributed by atoms with van der Waals surface area (Å²) in [7, 11) is 0. The first-order chi connectivity index (χ1) is 9.11. The molecule has 2 aliphatic rings. The van der Waals surface area contributed by atoms with Gasteiger partial charge < -0.3 is 20.5 Å². The van der Waals surface area contributed by atoms with Crippen LogP contribution < -0.4 is 15.4 Å². The van der Waals surface area contributed by atoms with Crippen molar-refractivity contribution in [2.75, 3.05) is 30.3 Å². The molecule has 4 heteroatoms. The summed E-state index contributed by atoms with van der Waals surface area (Å²) < 4.78 is 5.90. The highest BCUT2D eigenvalue weighted by atomic mass is 16.5. The van der Waals surface area contributed by atoms with E-state index in [-0.39, 0.29) is 6.61 Å². The standard InChI is InChI=1S/C15H22N2O2/c1-15(10-18)9-11-7-12(16)13(8-14(11)19-15)17-5-3-2-4-6-17/h7-8,18H,2-6,9-10,16H2,1H3. The molecule has 0 radical (unpaired) electrons. The van der Waals surface area contributed by atoms with Crippen molar-refractivity contribution in [1.82, 2.24) is 0 Å². The van der Waals surface area contributed by atoms with Gasteiger partial charge in [0.2, 0.25) is 0 Å². The number of nitrogens with zero attached hydrogens (tertiary/aromatic N) is 1. The van der Waals surface area contributed by atoms with E-state index >= 15 is 0 Å². The van der Waals surface area contributed by atoms with Gasteiger partial charge in [-0.15, -0.1) is 0 Å². The molecule has 0 saturated carbocycles. The fourth-order valence-electron chi connectivity index (χ4n) is 3.07. The number of aliphatic hydroxyl groups is 1. The second-order valence-electron chi connectivity index (χ2n) is 5.95. The Morgan fingerprint density at radius 3 is 2.74 bits per heavy atom. The Kier molecular flexibility index (Phi) is 3.05. The van der Waals surface area contributed by atoms with Gasteiger partial charge >= 0.3 is 0 Å². The molecular weight excluding hydrogens is 240 g/mol. The van der Waals surface area contributed by atoms with Gasteiger partial charge in [0.1, 0.15) is 11.4 Å². The Labute approximate surface area is 114 Å². The molecule has 104 valence electrons. The molecule has 0 aromatic heterocycles. The number of anilines is 2. The number of hydrogen-bond donors (Lipinski definition) is 2. The van der Waals surface area contributed by atoms with Crippen molar-refractivity contribution < 1.29 is 9.84 Å². The number of rotatable bonds is 2. The molecule has 1 fully saturated rings. The summed E-state index contributed by atoms with van der Waals surface area (Å²) in [6, 6.07) is 4.07. The first-order valence-electron chi connectivity index (χ1n) is 7.08. The molecule has 1 unspecified atom stereocenters. The topological polar surface area (TPSA) is 58.7 Å². The lowest BCUT2D eigenvalue weighted by atomic mass is 9.99. The monoisotopic (exact) mass is 262 g/mol. The molecule has 0 amide bonds. The summed E-state index contributed by atoms with van der Waals surface area (Å²) in [5, 5.41) is 9.42. The van der Waals surface area contributed by atoms with Gasteiger partial charge in [0.05, 0.1) is 18.0 Å². The quantitative estimate of drug-likeness (QED) is 0.800. The predicted molar refractivity (Wildman–Crippen MR) is 76.7 cm³/mol. The van der Waals surface area contributed by atoms with Crippen LogP contribution in [0, 0.1) is 0 Å². The van der Waals surface area contributed by atoms with Crippen LogP contribution in [0.3, 0.4) is 0 Å². The van der Waals surface area contributed by atoms with E-state index in [1.165, 1.54) is 19.3 Å². The van der Waals surface area contributed by atoms with Gasteiger partial charge in [-0.05, 0) is 32.3 Å². The van der Waals surface area contributed by atoms with Crippen molar-refractivity contribution in [3.05, 3.63) is 17.7 Å². The third kappa shape index (κ3) is 2.25. The first kappa shape index (κ1) is 12.6. The summed E-state index contributed by atoms with van der Waals surface area (Å²) >= 11 is 0. The summed E-state index contributed by atoms with van der Waals surface area (Å²) in [5.74, 6) is 0.881. The highest BCUT2D eigenvalue weighted by Gasteiger charge is 2.35. The number of aliphatic hydroxyl groups excluding tert-OH is 1. The van der Waals surface area contributed by atoms with Crippen molar-refractivity contribution in [2.45, 2.75) is 38.2 Å². The third-order valence-corrected chi connectivity index (χ3v) is 4.16. The van der Waals surface area contributed by atoms with E-state index in [2.05, 4.69) is 11.0 Å². The minimum atomic E-state index is -0.491. The van der Waals surface area contributed by atoms with E-state index in [9.17, 15) is 5.11 Å². The molecule has 19 heavy (non-hydrogen) atoms. The van der Waals surface area contributed by atoms with Crippen molar-refractivity contribution in [3.63, 3.8) is 0 Å². The minimum absolute atomic E-state index is 0.0284. The molecule has 0 bridgehead atoms. The summed E-state index contributed by atoms with van der Waals surface area (Å²) in [5.41, 5.74) is 8.72. The fourth-order valence-corrected chi connectivity index (χ4v) is 3.07. The van der Waals surface area contributed by atoms with Gasteiger partial charge in [-0.25, -0.2) is 0 Å². The van der Waals surface area contributed by atoms with Crippen molar-refractivity contribution >= 4 is 11.4 Å². The number of nitrogen functional groups attached to an aromatic ring is 1. The SMILES string of the molecule is CC1(CO)Cc2cc(N)c(N3CCCCC3)cc2O1. The Bertz CT molecular complexity index is 483. The molecule has 0 aliphatic carbocycles. The largest absolute Gasteiger partial charge is 0.484 e. The zero-order valence-electron chi connectivity index (χ0n) is 11.5. The Morgan fingerprint density at radius 2 is 2.05 bits per heavy atom. The van der Waals surface area contributed by atoms with E-state index in [4.69, 9.17) is 10.5 Å². The minimum Gasteiger partial charge on any atom is -0.484 e. The third-order valence-electron chi connectivity index (χ3n) is 4.16. The van der Waals surface area contributed by atoms with Crippen molar-refractivity contribution in [1.29, 1.82) is 0 Å². The van der Waals surface area contributed by atoms with Gasteiger partial charge in [0, 0.05) is 31.1 Å². The number of fused-ring (bicyclic) bond motifs is 1. The highest BCUT2D eigenvalue weighted by Crippen LogP contribution is 2.41. The maximum atomic E-state index is 9.42. The average molecular weight is 262 g/mol. The summed E-state index contributed by atoms with van der Waals surface area (Å²) in [4.78, 5) is 2.34. The van der Waals surface area contributed by atoms with Crippen LogP contribution in [0.5, 0.6) is 5.75 Å².